The standard InChI is InChI=1S/C27H30O16/c1-38-14-4-9(2-3-11(14)30)23-24(20(35)17-12(31)5-10(29)6-15(17)40-23)42-27-25(21(36)19(34)16(7-28)41-27)43-26-22(37)18(33)13(32)8-39-26/h2-6,13,16,18-19,21-22,25-34,36-37H,7-8H2,1H3/t13-,16?,18+,19+,21+,22?,25?,26+,27+/m1/s1. The summed E-state index contributed by atoms with van der Waals surface area (Å²) in [6, 6.07) is 5.81. The van der Waals surface area contributed by atoms with Crippen LogP contribution in [0, 0.1) is 0 Å². The molecule has 0 amide bonds. The molecule has 9 N–H and O–H groups in total. The van der Waals surface area contributed by atoms with E-state index in [4.69, 9.17) is 28.1 Å². The van der Waals surface area contributed by atoms with Gasteiger partial charge in [0.2, 0.25) is 17.5 Å². The van der Waals surface area contributed by atoms with Gasteiger partial charge in [0.15, 0.2) is 29.7 Å². The zero-order valence-electron chi connectivity index (χ0n) is 22.4. The predicted molar refractivity (Wildman–Crippen MR) is 140 cm³/mol. The average molecular weight is 611 g/mol. The SMILES string of the molecule is COc1cc(-c2oc3cc(O)cc(O)c3c(=O)c2O[C@@H]2OC(CO)[C@H](O)[C@H](O)C2O[C@@H]2OC[C@@H](O)[C@H](O)C2O)ccc1O. The van der Waals surface area contributed by atoms with E-state index in [1.54, 1.807) is 0 Å². The Balaban J connectivity index is 1.63. The van der Waals surface area contributed by atoms with Crippen LogP contribution in [0.2, 0.25) is 0 Å². The second-order valence-corrected chi connectivity index (χ2v) is 9.99. The maximum atomic E-state index is 13.8. The number of benzene rings is 2. The molecule has 3 aromatic rings. The third-order valence-electron chi connectivity index (χ3n) is 7.16. The lowest BCUT2D eigenvalue weighted by Gasteiger charge is -2.44. The van der Waals surface area contributed by atoms with E-state index < -0.39 is 96.6 Å². The van der Waals surface area contributed by atoms with Crippen molar-refractivity contribution in [1.29, 1.82) is 0 Å². The number of aromatic hydroxyl groups is 3. The van der Waals surface area contributed by atoms with Gasteiger partial charge in [0, 0.05) is 17.7 Å². The summed E-state index contributed by atoms with van der Waals surface area (Å²) in [5, 5.41) is 91.5. The molecule has 0 saturated carbocycles. The number of hydrogen-bond acceptors (Lipinski definition) is 16. The Kier molecular flexibility index (Phi) is 8.66. The van der Waals surface area contributed by atoms with Gasteiger partial charge >= 0.3 is 0 Å². The lowest BCUT2D eigenvalue weighted by atomic mass is 9.98. The maximum absolute atomic E-state index is 13.8. The van der Waals surface area contributed by atoms with Crippen LogP contribution >= 0.6 is 0 Å². The Morgan fingerprint density at radius 2 is 1.65 bits per heavy atom. The molecule has 2 aromatic carbocycles. The number of aliphatic hydroxyl groups is 6. The molecule has 234 valence electrons. The van der Waals surface area contributed by atoms with Crippen LogP contribution in [0.1, 0.15) is 0 Å². The molecule has 1 aromatic heterocycles. The highest BCUT2D eigenvalue weighted by Gasteiger charge is 2.50. The van der Waals surface area contributed by atoms with Crippen molar-refractivity contribution in [2.24, 2.45) is 0 Å². The maximum Gasteiger partial charge on any atom is 0.239 e. The number of ether oxygens (including phenoxy) is 5. The van der Waals surface area contributed by atoms with Crippen molar-refractivity contribution in [2.45, 2.75) is 55.3 Å². The van der Waals surface area contributed by atoms with Crippen molar-refractivity contribution in [3.8, 4) is 40.1 Å². The van der Waals surface area contributed by atoms with Gasteiger partial charge in [-0.1, -0.05) is 0 Å². The molecule has 0 aliphatic carbocycles. The minimum absolute atomic E-state index is 0.0249. The molecule has 2 fully saturated rings. The number of phenols is 3. The van der Waals surface area contributed by atoms with Gasteiger partial charge in [0.25, 0.3) is 0 Å². The fraction of sp³-hybridized carbons (Fsp3) is 0.444. The first-order chi connectivity index (χ1) is 20.4. The van der Waals surface area contributed by atoms with E-state index in [1.807, 2.05) is 0 Å². The van der Waals surface area contributed by atoms with Crippen molar-refractivity contribution in [3.05, 3.63) is 40.6 Å². The normalized spacial score (nSPS) is 31.2. The van der Waals surface area contributed by atoms with Crippen LogP contribution in [-0.4, -0.2) is 122 Å². The number of rotatable bonds is 7. The Morgan fingerprint density at radius 1 is 0.907 bits per heavy atom. The van der Waals surface area contributed by atoms with E-state index in [1.165, 1.54) is 25.3 Å². The van der Waals surface area contributed by atoms with E-state index >= 15 is 0 Å². The lowest BCUT2D eigenvalue weighted by molar-refractivity contribution is -0.345. The van der Waals surface area contributed by atoms with Gasteiger partial charge in [-0.15, -0.1) is 0 Å². The molecular weight excluding hydrogens is 580 g/mol. The van der Waals surface area contributed by atoms with Gasteiger partial charge in [-0.25, -0.2) is 0 Å². The molecule has 2 aliphatic rings. The molecule has 9 atom stereocenters. The summed E-state index contributed by atoms with van der Waals surface area (Å²) in [6.07, 6.45) is -15.3. The van der Waals surface area contributed by atoms with Crippen LogP contribution in [0.4, 0.5) is 0 Å². The largest absolute Gasteiger partial charge is 0.508 e. The minimum Gasteiger partial charge on any atom is -0.508 e. The minimum atomic E-state index is -1.88. The number of methoxy groups -OCH3 is 1. The molecule has 3 heterocycles. The van der Waals surface area contributed by atoms with Crippen LogP contribution in [-0.2, 0) is 14.2 Å². The highest BCUT2D eigenvalue weighted by molar-refractivity contribution is 5.88. The predicted octanol–water partition coefficient (Wildman–Crippen LogP) is -1.77. The fourth-order valence-corrected chi connectivity index (χ4v) is 4.85. The Labute approximate surface area is 241 Å². The smallest absolute Gasteiger partial charge is 0.239 e. The van der Waals surface area contributed by atoms with E-state index in [0.717, 1.165) is 12.1 Å². The molecule has 2 saturated heterocycles. The topological polar surface area (TPSA) is 258 Å². The Bertz CT molecular complexity index is 1520. The molecule has 43 heavy (non-hydrogen) atoms. The first-order valence-electron chi connectivity index (χ1n) is 13.0. The second kappa shape index (κ2) is 12.1. The van der Waals surface area contributed by atoms with Gasteiger partial charge in [0.1, 0.15) is 59.1 Å². The third kappa shape index (κ3) is 5.67. The highest BCUT2D eigenvalue weighted by Crippen LogP contribution is 2.40. The Morgan fingerprint density at radius 3 is 2.35 bits per heavy atom. The van der Waals surface area contributed by atoms with Crippen LogP contribution in [0.3, 0.4) is 0 Å². The number of phenolic OH excluding ortho intramolecular Hbond substituents is 3. The molecule has 0 spiro atoms. The monoisotopic (exact) mass is 610 g/mol. The second-order valence-electron chi connectivity index (χ2n) is 9.99. The number of hydrogen-bond donors (Lipinski definition) is 9. The highest BCUT2D eigenvalue weighted by atomic mass is 16.8. The van der Waals surface area contributed by atoms with Crippen LogP contribution in [0.15, 0.2) is 39.5 Å². The van der Waals surface area contributed by atoms with Gasteiger partial charge in [-0.2, -0.15) is 0 Å². The molecule has 16 nitrogen and oxygen atoms in total. The molecule has 5 rings (SSSR count). The molecular formula is C27H30O16. The first kappa shape index (κ1) is 30.7. The quantitative estimate of drug-likeness (QED) is 0.143. The van der Waals surface area contributed by atoms with Crippen molar-refractivity contribution >= 4 is 11.0 Å². The fourth-order valence-electron chi connectivity index (χ4n) is 4.85. The molecule has 2 aliphatic heterocycles. The summed E-state index contributed by atoms with van der Waals surface area (Å²) >= 11 is 0. The molecule has 0 radical (unpaired) electrons. The zero-order valence-corrected chi connectivity index (χ0v) is 22.4. The molecule has 0 bridgehead atoms. The van der Waals surface area contributed by atoms with Crippen molar-refractivity contribution in [1.82, 2.24) is 0 Å². The van der Waals surface area contributed by atoms with Gasteiger partial charge in [0.05, 0.1) is 20.3 Å². The van der Waals surface area contributed by atoms with Crippen molar-refractivity contribution in [2.75, 3.05) is 20.3 Å². The van der Waals surface area contributed by atoms with Gasteiger partial charge in [-0.05, 0) is 18.2 Å². The Hall–Kier alpha value is -3.71. The van der Waals surface area contributed by atoms with Gasteiger partial charge < -0.3 is 74.1 Å². The van der Waals surface area contributed by atoms with Crippen molar-refractivity contribution in [3.63, 3.8) is 0 Å². The number of fused-ring (bicyclic) bond motifs is 1. The number of aliphatic hydroxyl groups excluding tert-OH is 6. The third-order valence-corrected chi connectivity index (χ3v) is 7.16. The first-order valence-corrected chi connectivity index (χ1v) is 13.0. The summed E-state index contributed by atoms with van der Waals surface area (Å²) in [6.45, 7) is -1.28. The summed E-state index contributed by atoms with van der Waals surface area (Å²) < 4.78 is 33.4. The van der Waals surface area contributed by atoms with E-state index in [9.17, 15) is 50.8 Å². The summed E-state index contributed by atoms with van der Waals surface area (Å²) in [4.78, 5) is 13.8. The van der Waals surface area contributed by atoms with Crippen LogP contribution in [0.5, 0.6) is 28.7 Å². The summed E-state index contributed by atoms with van der Waals surface area (Å²) in [7, 11) is 1.28. The van der Waals surface area contributed by atoms with Gasteiger partial charge in [-0.3, -0.25) is 4.79 Å². The van der Waals surface area contributed by atoms with Crippen molar-refractivity contribution < 1.29 is 74.1 Å². The zero-order chi connectivity index (χ0) is 31.2. The molecule has 3 unspecified atom stereocenters. The van der Waals surface area contributed by atoms with Crippen LogP contribution < -0.4 is 14.9 Å². The lowest BCUT2D eigenvalue weighted by Crippen LogP contribution is -2.64. The average Bonchev–Trinajstić information content (AvgIpc) is 2.97. The summed E-state index contributed by atoms with van der Waals surface area (Å²) in [5.41, 5.74) is -1.15. The molecule has 16 heteroatoms. The van der Waals surface area contributed by atoms with E-state index in [-0.39, 0.29) is 28.4 Å². The van der Waals surface area contributed by atoms with E-state index in [2.05, 4.69) is 0 Å². The summed E-state index contributed by atoms with van der Waals surface area (Å²) in [5.74, 6) is -2.34. The van der Waals surface area contributed by atoms with Crippen LogP contribution in [0.25, 0.3) is 22.3 Å². The van der Waals surface area contributed by atoms with E-state index in [0.29, 0.717) is 0 Å².